The summed E-state index contributed by atoms with van der Waals surface area (Å²) in [6.07, 6.45) is 0. The average Bonchev–Trinajstić information content (AvgIpc) is 3.73. The lowest BCUT2D eigenvalue weighted by Crippen LogP contribution is -2.16. The first-order valence-corrected chi connectivity index (χ1v) is 19.8. The van der Waals surface area contributed by atoms with Crippen LogP contribution in [0, 0.1) is 0 Å². The minimum atomic E-state index is -0.0895. The largest absolute Gasteiger partial charge is 0.310 e. The van der Waals surface area contributed by atoms with E-state index in [0.29, 0.717) is 0 Å². The summed E-state index contributed by atoms with van der Waals surface area (Å²) in [5.41, 5.74) is 17.1. The van der Waals surface area contributed by atoms with Gasteiger partial charge in [0.15, 0.2) is 0 Å². The van der Waals surface area contributed by atoms with Crippen molar-refractivity contribution in [3.05, 3.63) is 217 Å². The van der Waals surface area contributed by atoms with E-state index in [9.17, 15) is 0 Å². The van der Waals surface area contributed by atoms with Crippen molar-refractivity contribution in [2.24, 2.45) is 0 Å². The van der Waals surface area contributed by atoms with E-state index in [0.717, 1.165) is 22.7 Å². The van der Waals surface area contributed by atoms with Crippen LogP contribution in [0.4, 0.5) is 17.1 Å². The van der Waals surface area contributed by atoms with Crippen molar-refractivity contribution in [3.63, 3.8) is 0 Å². The van der Waals surface area contributed by atoms with Gasteiger partial charge < -0.3 is 9.47 Å². The van der Waals surface area contributed by atoms with Gasteiger partial charge in [0, 0.05) is 38.9 Å². The van der Waals surface area contributed by atoms with Gasteiger partial charge in [0.1, 0.15) is 0 Å². The smallest absolute Gasteiger partial charge is 0.0547 e. The second-order valence-electron chi connectivity index (χ2n) is 15.8. The Morgan fingerprint density at radius 2 is 0.930 bits per heavy atom. The fourth-order valence-electron chi connectivity index (χ4n) is 9.34. The maximum absolute atomic E-state index is 2.41. The highest BCUT2D eigenvalue weighted by atomic mass is 15.1. The van der Waals surface area contributed by atoms with Crippen molar-refractivity contribution in [3.8, 4) is 39.1 Å². The molecule has 0 radical (unpaired) electrons. The molecule has 0 amide bonds. The minimum absolute atomic E-state index is 0.0895. The maximum Gasteiger partial charge on any atom is 0.0547 e. The molecular weight excluding hydrogens is 689 g/mol. The Balaban J connectivity index is 0.970. The van der Waals surface area contributed by atoms with Crippen molar-refractivity contribution in [1.29, 1.82) is 0 Å². The van der Waals surface area contributed by atoms with Crippen LogP contribution >= 0.6 is 0 Å². The van der Waals surface area contributed by atoms with E-state index < -0.39 is 0 Å². The lowest BCUT2D eigenvalue weighted by Gasteiger charge is -2.28. The number of hydrogen-bond acceptors (Lipinski definition) is 1. The molecular formula is C55H40N2. The number of anilines is 3. The molecule has 2 heteroatoms. The van der Waals surface area contributed by atoms with E-state index in [1.165, 1.54) is 77.1 Å². The van der Waals surface area contributed by atoms with Gasteiger partial charge in [-0.15, -0.1) is 0 Å². The molecule has 1 aliphatic carbocycles. The summed E-state index contributed by atoms with van der Waals surface area (Å²) < 4.78 is 2.40. The normalized spacial score (nSPS) is 12.9. The Hall–Kier alpha value is -7.16. The summed E-state index contributed by atoms with van der Waals surface area (Å²) in [6, 6.07) is 75.5. The minimum Gasteiger partial charge on any atom is -0.310 e. The van der Waals surface area contributed by atoms with Crippen LogP contribution in [0.5, 0.6) is 0 Å². The molecule has 0 aliphatic heterocycles. The molecule has 0 unspecified atom stereocenters. The van der Waals surface area contributed by atoms with E-state index >= 15 is 0 Å². The zero-order valence-electron chi connectivity index (χ0n) is 32.0. The molecule has 10 aromatic rings. The standard InChI is InChI=1S/C55H40N2/c1-55(2)50-18-10-8-16-47(50)48-34-33-45(36-51(48)55)56(42-27-20-38(21-28-42)37-12-4-3-5-13-37)43-29-22-39(23-30-43)40-24-31-44(32-25-40)57-52-19-11-9-17-49(52)54-46-15-7-6-14-41(46)26-35-53(54)57/h3-36H,1-2H3. The van der Waals surface area contributed by atoms with Crippen LogP contribution in [0.2, 0.25) is 0 Å². The molecule has 2 nitrogen and oxygen atoms in total. The fourth-order valence-corrected chi connectivity index (χ4v) is 9.34. The van der Waals surface area contributed by atoms with Crippen molar-refractivity contribution < 1.29 is 0 Å². The van der Waals surface area contributed by atoms with E-state index in [1.807, 2.05) is 0 Å². The van der Waals surface area contributed by atoms with Crippen LogP contribution < -0.4 is 4.90 Å². The molecule has 9 aromatic carbocycles. The van der Waals surface area contributed by atoms with E-state index in [2.05, 4.69) is 230 Å². The van der Waals surface area contributed by atoms with Gasteiger partial charge in [-0.05, 0) is 116 Å². The highest BCUT2D eigenvalue weighted by Crippen LogP contribution is 2.50. The first-order valence-electron chi connectivity index (χ1n) is 19.8. The number of para-hydroxylation sites is 1. The van der Waals surface area contributed by atoms with Gasteiger partial charge in [0.05, 0.1) is 11.0 Å². The summed E-state index contributed by atoms with van der Waals surface area (Å²) in [5.74, 6) is 0. The van der Waals surface area contributed by atoms with Crippen LogP contribution in [-0.4, -0.2) is 4.57 Å². The fraction of sp³-hybridized carbons (Fsp3) is 0.0545. The Kier molecular flexibility index (Phi) is 7.55. The topological polar surface area (TPSA) is 8.17 Å². The highest BCUT2D eigenvalue weighted by molar-refractivity contribution is 6.21. The van der Waals surface area contributed by atoms with Crippen molar-refractivity contribution in [2.45, 2.75) is 19.3 Å². The quantitative estimate of drug-likeness (QED) is 0.165. The molecule has 11 rings (SSSR count). The van der Waals surface area contributed by atoms with E-state index in [4.69, 9.17) is 0 Å². The Morgan fingerprint density at radius 3 is 1.65 bits per heavy atom. The Morgan fingerprint density at radius 1 is 0.386 bits per heavy atom. The van der Waals surface area contributed by atoms with Gasteiger partial charge in [-0.2, -0.15) is 0 Å². The zero-order valence-corrected chi connectivity index (χ0v) is 32.0. The lowest BCUT2D eigenvalue weighted by atomic mass is 9.82. The molecule has 57 heavy (non-hydrogen) atoms. The second kappa shape index (κ2) is 13.0. The number of rotatable bonds is 6. The molecule has 1 aromatic heterocycles. The van der Waals surface area contributed by atoms with Crippen molar-refractivity contribution in [2.75, 3.05) is 4.90 Å². The molecule has 0 fully saturated rings. The van der Waals surface area contributed by atoms with Crippen molar-refractivity contribution >= 4 is 49.6 Å². The number of benzene rings is 9. The van der Waals surface area contributed by atoms with Crippen LogP contribution in [0.15, 0.2) is 206 Å². The predicted octanol–water partition coefficient (Wildman–Crippen LogP) is 15.0. The first kappa shape index (κ1) is 33.2. The molecule has 0 spiro atoms. The van der Waals surface area contributed by atoms with Crippen LogP contribution in [0.1, 0.15) is 25.0 Å². The summed E-state index contributed by atoms with van der Waals surface area (Å²) in [7, 11) is 0. The predicted molar refractivity (Wildman–Crippen MR) is 241 cm³/mol. The van der Waals surface area contributed by atoms with Gasteiger partial charge in [-0.1, -0.05) is 159 Å². The molecule has 0 N–H and O–H groups in total. The third-order valence-electron chi connectivity index (χ3n) is 12.2. The Labute approximate surface area is 333 Å². The Bertz CT molecular complexity index is 3110. The summed E-state index contributed by atoms with van der Waals surface area (Å²) in [5, 5.41) is 5.13. The lowest BCUT2D eigenvalue weighted by molar-refractivity contribution is 0.660. The molecule has 0 saturated carbocycles. The average molecular weight is 729 g/mol. The third-order valence-corrected chi connectivity index (χ3v) is 12.2. The number of hydrogen-bond donors (Lipinski definition) is 0. The number of aromatic nitrogens is 1. The summed E-state index contributed by atoms with van der Waals surface area (Å²) >= 11 is 0. The third kappa shape index (κ3) is 5.33. The monoisotopic (exact) mass is 728 g/mol. The van der Waals surface area contributed by atoms with Crippen LogP contribution in [-0.2, 0) is 5.41 Å². The summed E-state index contributed by atoms with van der Waals surface area (Å²) in [6.45, 7) is 4.70. The molecule has 1 aliphatic rings. The summed E-state index contributed by atoms with van der Waals surface area (Å²) in [4.78, 5) is 2.40. The van der Waals surface area contributed by atoms with Crippen LogP contribution in [0.3, 0.4) is 0 Å². The van der Waals surface area contributed by atoms with Gasteiger partial charge in [0.2, 0.25) is 0 Å². The second-order valence-corrected chi connectivity index (χ2v) is 15.8. The highest BCUT2D eigenvalue weighted by Gasteiger charge is 2.35. The molecule has 0 saturated heterocycles. The molecule has 0 bridgehead atoms. The SMILES string of the molecule is CC1(C)c2ccccc2-c2ccc(N(c3ccc(-c4ccccc4)cc3)c3ccc(-c4ccc(-n5c6ccccc6c6c7ccccc7ccc65)cc4)cc3)cc21. The number of nitrogens with zero attached hydrogens (tertiary/aromatic N) is 2. The van der Waals surface area contributed by atoms with Crippen LogP contribution in [0.25, 0.3) is 71.6 Å². The van der Waals surface area contributed by atoms with Gasteiger partial charge in [-0.3, -0.25) is 0 Å². The molecule has 1 heterocycles. The van der Waals surface area contributed by atoms with Gasteiger partial charge >= 0.3 is 0 Å². The van der Waals surface area contributed by atoms with E-state index in [-0.39, 0.29) is 5.41 Å². The zero-order chi connectivity index (χ0) is 38.1. The molecule has 0 atom stereocenters. The maximum atomic E-state index is 2.41. The van der Waals surface area contributed by atoms with Crippen molar-refractivity contribution in [1.82, 2.24) is 4.57 Å². The number of fused-ring (bicyclic) bond motifs is 8. The molecule has 270 valence electrons. The van der Waals surface area contributed by atoms with E-state index in [1.54, 1.807) is 0 Å². The first-order chi connectivity index (χ1) is 28.0. The van der Waals surface area contributed by atoms with Gasteiger partial charge in [-0.25, -0.2) is 0 Å². The van der Waals surface area contributed by atoms with Gasteiger partial charge in [0.25, 0.3) is 0 Å².